The fourth-order valence-corrected chi connectivity index (χ4v) is 3.83. The zero-order chi connectivity index (χ0) is 22.5. The molecule has 0 saturated heterocycles. The van der Waals surface area contributed by atoms with E-state index < -0.39 is 0 Å². The van der Waals surface area contributed by atoms with Crippen LogP contribution < -0.4 is 10.1 Å². The number of carbonyl (C=O) groups is 1. The predicted octanol–water partition coefficient (Wildman–Crippen LogP) is 3.90. The third-order valence-electron chi connectivity index (χ3n) is 5.28. The second kappa shape index (κ2) is 9.82. The highest BCUT2D eigenvalue weighted by Crippen LogP contribution is 2.18. The van der Waals surface area contributed by atoms with Crippen LogP contribution in [-0.2, 0) is 24.4 Å². The van der Waals surface area contributed by atoms with Crippen LogP contribution in [0.3, 0.4) is 0 Å². The predicted molar refractivity (Wildman–Crippen MR) is 125 cm³/mol. The molecule has 1 amide bonds. The van der Waals surface area contributed by atoms with E-state index in [1.165, 1.54) is 11.8 Å². The summed E-state index contributed by atoms with van der Waals surface area (Å²) in [5.41, 5.74) is 4.61. The number of benzene rings is 2. The zero-order valence-electron chi connectivity index (χ0n) is 18.3. The Bertz CT molecular complexity index is 1240. The Hall–Kier alpha value is -3.39. The van der Waals surface area contributed by atoms with Crippen molar-refractivity contribution in [1.82, 2.24) is 24.9 Å². The highest BCUT2D eigenvalue weighted by atomic mass is 32.2. The molecule has 0 aliphatic rings. The van der Waals surface area contributed by atoms with E-state index in [0.29, 0.717) is 24.1 Å². The molecule has 0 radical (unpaired) electrons. The summed E-state index contributed by atoms with van der Waals surface area (Å²) < 4.78 is 7.59. The van der Waals surface area contributed by atoms with E-state index in [2.05, 4.69) is 20.4 Å². The molecule has 2 aromatic heterocycles. The van der Waals surface area contributed by atoms with Crippen molar-refractivity contribution >= 4 is 23.4 Å². The average molecular weight is 448 g/mol. The molecule has 0 spiro atoms. The number of amides is 1. The zero-order valence-corrected chi connectivity index (χ0v) is 19.1. The van der Waals surface area contributed by atoms with Crippen molar-refractivity contribution in [2.45, 2.75) is 38.6 Å². The first-order valence-corrected chi connectivity index (χ1v) is 11.6. The van der Waals surface area contributed by atoms with Crippen molar-refractivity contribution < 1.29 is 9.53 Å². The first-order valence-electron chi connectivity index (χ1n) is 10.3. The van der Waals surface area contributed by atoms with Gasteiger partial charge in [0, 0.05) is 23.5 Å². The van der Waals surface area contributed by atoms with Crippen LogP contribution in [-0.4, -0.2) is 31.7 Å². The average Bonchev–Trinajstić information content (AvgIpc) is 3.23. The highest BCUT2D eigenvalue weighted by Gasteiger charge is 2.16. The van der Waals surface area contributed by atoms with Crippen LogP contribution in [0.1, 0.15) is 28.1 Å². The second-order valence-electron chi connectivity index (χ2n) is 7.40. The summed E-state index contributed by atoms with van der Waals surface area (Å²) in [6.45, 7) is 4.72. The van der Waals surface area contributed by atoms with E-state index in [0.717, 1.165) is 33.8 Å². The summed E-state index contributed by atoms with van der Waals surface area (Å²) in [4.78, 5) is 21.7. The third kappa shape index (κ3) is 4.91. The molecule has 2 aromatic carbocycles. The summed E-state index contributed by atoms with van der Waals surface area (Å²) in [5, 5.41) is 8.15. The van der Waals surface area contributed by atoms with E-state index in [9.17, 15) is 4.79 Å². The Labute approximate surface area is 191 Å². The molecular weight excluding hydrogens is 422 g/mol. The number of carbonyl (C=O) groups excluding carboxylic acids is 1. The molecule has 8 heteroatoms. The lowest BCUT2D eigenvalue weighted by atomic mass is 10.1. The van der Waals surface area contributed by atoms with E-state index in [4.69, 9.17) is 4.74 Å². The van der Waals surface area contributed by atoms with Gasteiger partial charge in [0.1, 0.15) is 12.4 Å². The monoisotopic (exact) mass is 447 g/mol. The number of para-hydroxylation sites is 1. The van der Waals surface area contributed by atoms with Gasteiger partial charge in [0.25, 0.3) is 5.78 Å². The molecule has 1 N–H and O–H groups in total. The van der Waals surface area contributed by atoms with Crippen molar-refractivity contribution in [3.63, 3.8) is 0 Å². The molecule has 2 heterocycles. The summed E-state index contributed by atoms with van der Waals surface area (Å²) in [5.74, 6) is 1.31. The van der Waals surface area contributed by atoms with Gasteiger partial charge >= 0.3 is 0 Å². The van der Waals surface area contributed by atoms with Gasteiger partial charge in [0.2, 0.25) is 11.1 Å². The topological polar surface area (TPSA) is 81.4 Å². The number of ether oxygens (including phenoxy) is 1. The van der Waals surface area contributed by atoms with Crippen molar-refractivity contribution in [3.8, 4) is 5.75 Å². The van der Waals surface area contributed by atoms with Gasteiger partial charge in [-0.25, -0.2) is 9.50 Å². The van der Waals surface area contributed by atoms with Gasteiger partial charge in [-0.05, 0) is 43.4 Å². The van der Waals surface area contributed by atoms with Crippen LogP contribution in [0.5, 0.6) is 5.75 Å². The molecule has 0 saturated carbocycles. The minimum atomic E-state index is -0.0682. The molecule has 0 aliphatic heterocycles. The molecule has 0 bridgehead atoms. The molecule has 0 atom stereocenters. The van der Waals surface area contributed by atoms with Crippen molar-refractivity contribution in [2.24, 2.45) is 0 Å². The molecule has 32 heavy (non-hydrogen) atoms. The van der Waals surface area contributed by atoms with Gasteiger partial charge in [-0.3, -0.25) is 4.79 Å². The third-order valence-corrected chi connectivity index (χ3v) is 5.82. The van der Waals surface area contributed by atoms with Crippen LogP contribution in [0.4, 0.5) is 0 Å². The van der Waals surface area contributed by atoms with Gasteiger partial charge in [-0.2, -0.15) is 4.98 Å². The van der Waals surface area contributed by atoms with Gasteiger partial charge < -0.3 is 10.1 Å². The van der Waals surface area contributed by atoms with Gasteiger partial charge in [0.05, 0.1) is 6.42 Å². The van der Waals surface area contributed by atoms with E-state index in [-0.39, 0.29) is 12.3 Å². The van der Waals surface area contributed by atoms with Crippen LogP contribution in [0.2, 0.25) is 0 Å². The van der Waals surface area contributed by atoms with Gasteiger partial charge in [-0.15, -0.1) is 5.10 Å². The Balaban J connectivity index is 1.42. The number of aromatic nitrogens is 4. The van der Waals surface area contributed by atoms with Crippen LogP contribution in [0, 0.1) is 13.8 Å². The maximum Gasteiger partial charge on any atom is 0.253 e. The maximum absolute atomic E-state index is 12.8. The largest absolute Gasteiger partial charge is 0.489 e. The first kappa shape index (κ1) is 21.8. The van der Waals surface area contributed by atoms with Crippen molar-refractivity contribution in [3.05, 3.63) is 82.7 Å². The number of aryl methyl sites for hydroxylation is 2. The molecule has 0 unspecified atom stereocenters. The van der Waals surface area contributed by atoms with Crippen molar-refractivity contribution in [1.29, 1.82) is 0 Å². The number of hydrogen-bond donors (Lipinski definition) is 1. The first-order chi connectivity index (χ1) is 15.5. The fourth-order valence-electron chi connectivity index (χ4n) is 3.50. The number of fused-ring (bicyclic) bond motifs is 1. The minimum Gasteiger partial charge on any atom is -0.489 e. The number of nitrogens with zero attached hydrogens (tertiary/aromatic N) is 4. The molecule has 0 aliphatic carbocycles. The van der Waals surface area contributed by atoms with E-state index in [1.54, 1.807) is 4.52 Å². The lowest BCUT2D eigenvalue weighted by Gasteiger charge is -2.13. The minimum absolute atomic E-state index is 0.0682. The van der Waals surface area contributed by atoms with Gasteiger partial charge in [0.15, 0.2) is 0 Å². The Morgan fingerprint density at radius 3 is 2.50 bits per heavy atom. The Morgan fingerprint density at radius 2 is 1.75 bits per heavy atom. The molecule has 4 rings (SSSR count). The SMILES string of the molecule is CSc1nc2nc(C)c(CC(=O)NCc3ccccc3COc3ccccc3)c(C)n2n1. The maximum atomic E-state index is 12.8. The molecular formula is C24H25N5O2S. The summed E-state index contributed by atoms with van der Waals surface area (Å²) in [6, 6.07) is 17.7. The van der Waals surface area contributed by atoms with Crippen LogP contribution in [0.25, 0.3) is 5.78 Å². The van der Waals surface area contributed by atoms with Crippen molar-refractivity contribution in [2.75, 3.05) is 6.26 Å². The highest BCUT2D eigenvalue weighted by molar-refractivity contribution is 7.98. The Morgan fingerprint density at radius 1 is 1.03 bits per heavy atom. The molecule has 4 aromatic rings. The van der Waals surface area contributed by atoms with Crippen LogP contribution >= 0.6 is 11.8 Å². The number of rotatable bonds is 8. The van der Waals surface area contributed by atoms with Gasteiger partial charge in [-0.1, -0.05) is 54.2 Å². The quantitative estimate of drug-likeness (QED) is 0.413. The lowest BCUT2D eigenvalue weighted by Crippen LogP contribution is -2.26. The normalized spacial score (nSPS) is 11.0. The smallest absolute Gasteiger partial charge is 0.253 e. The summed E-state index contributed by atoms with van der Waals surface area (Å²) in [7, 11) is 0. The summed E-state index contributed by atoms with van der Waals surface area (Å²) in [6.07, 6.45) is 2.16. The van der Waals surface area contributed by atoms with E-state index in [1.807, 2.05) is 74.7 Å². The molecule has 164 valence electrons. The molecule has 0 fully saturated rings. The second-order valence-corrected chi connectivity index (χ2v) is 8.17. The number of nitrogens with one attached hydrogen (secondary N) is 1. The standard InChI is InChI=1S/C24H25N5O2S/c1-16-21(17(2)29-23(26-16)27-24(28-29)32-3)13-22(30)25-14-18-9-7-8-10-19(18)15-31-20-11-5-4-6-12-20/h4-12H,13-15H2,1-3H3,(H,25,30). The van der Waals surface area contributed by atoms with Crippen LogP contribution in [0.15, 0.2) is 59.8 Å². The lowest BCUT2D eigenvalue weighted by molar-refractivity contribution is -0.120. The molecule has 7 nitrogen and oxygen atoms in total. The fraction of sp³-hybridized carbons (Fsp3) is 0.250. The Kier molecular flexibility index (Phi) is 6.70. The van der Waals surface area contributed by atoms with E-state index >= 15 is 0 Å². The summed E-state index contributed by atoms with van der Waals surface area (Å²) >= 11 is 1.47. The number of hydrogen-bond acceptors (Lipinski definition) is 6. The number of thioether (sulfide) groups is 1.